The maximum Gasteiger partial charge on any atom is 0.220 e. The molecule has 0 aliphatic rings. The van der Waals surface area contributed by atoms with Gasteiger partial charge >= 0.3 is 0 Å². The van der Waals surface area contributed by atoms with Gasteiger partial charge in [-0.05, 0) is 30.7 Å². The molecule has 0 atom stereocenters. The predicted octanol–water partition coefficient (Wildman–Crippen LogP) is 3.09. The van der Waals surface area contributed by atoms with Crippen molar-refractivity contribution in [3.05, 3.63) is 45.8 Å². The zero-order chi connectivity index (χ0) is 18.9. The fourth-order valence-electron chi connectivity index (χ4n) is 2.30. The van der Waals surface area contributed by atoms with E-state index in [0.29, 0.717) is 17.3 Å². The van der Waals surface area contributed by atoms with Crippen LogP contribution in [0.2, 0.25) is 0 Å². The van der Waals surface area contributed by atoms with Crippen molar-refractivity contribution in [2.24, 2.45) is 0 Å². The van der Waals surface area contributed by atoms with Crippen LogP contribution in [0, 0.1) is 6.92 Å². The zero-order valence-corrected chi connectivity index (χ0v) is 15.7. The average molecular weight is 374 g/mol. The van der Waals surface area contributed by atoms with E-state index in [4.69, 9.17) is 4.74 Å². The van der Waals surface area contributed by atoms with Gasteiger partial charge in [0.05, 0.1) is 12.0 Å². The van der Waals surface area contributed by atoms with E-state index in [0.717, 1.165) is 10.4 Å². The van der Waals surface area contributed by atoms with Crippen molar-refractivity contribution < 1.29 is 19.1 Å². The predicted molar refractivity (Wildman–Crippen MR) is 99.5 cm³/mol. The van der Waals surface area contributed by atoms with Crippen LogP contribution in [0.4, 0.5) is 0 Å². The number of nitrogens with zero attached hydrogens (tertiary/aromatic N) is 1. The van der Waals surface area contributed by atoms with Crippen LogP contribution in [-0.2, 0) is 16.1 Å². The lowest BCUT2D eigenvalue weighted by Gasteiger charge is -2.06. The lowest BCUT2D eigenvalue weighted by Crippen LogP contribution is -2.23. The van der Waals surface area contributed by atoms with Gasteiger partial charge in [0.1, 0.15) is 5.78 Å². The van der Waals surface area contributed by atoms with E-state index in [1.165, 1.54) is 18.4 Å². The standard InChI is InChI=1S/C19H22N2O4S/c1-13-3-7-17(26-13)16(23)6-4-15(22)5-8-18(24)21-12-14-9-10-20-19(11-14)25-2/h3,7,9-11H,4-6,8,12H2,1-2H3,(H,21,24). The Labute approximate surface area is 156 Å². The number of Topliss-reactive ketones (excluding diaryl/α,β-unsaturated/α-hetero) is 2. The third kappa shape index (κ3) is 6.40. The summed E-state index contributed by atoms with van der Waals surface area (Å²) in [7, 11) is 1.53. The molecule has 2 rings (SSSR count). The van der Waals surface area contributed by atoms with E-state index >= 15 is 0 Å². The highest BCUT2D eigenvalue weighted by atomic mass is 32.1. The van der Waals surface area contributed by atoms with E-state index in [-0.39, 0.29) is 43.2 Å². The number of rotatable bonds is 10. The summed E-state index contributed by atoms with van der Waals surface area (Å²) in [5.74, 6) is 0.187. The van der Waals surface area contributed by atoms with Crippen LogP contribution in [-0.4, -0.2) is 29.6 Å². The molecule has 7 heteroatoms. The first kappa shape index (κ1) is 19.8. The Morgan fingerprint density at radius 3 is 2.58 bits per heavy atom. The number of hydrogen-bond acceptors (Lipinski definition) is 6. The number of nitrogens with one attached hydrogen (secondary N) is 1. The SMILES string of the molecule is COc1cc(CNC(=O)CCC(=O)CCC(=O)c2ccc(C)s2)ccn1. The van der Waals surface area contributed by atoms with Gasteiger partial charge in [0.2, 0.25) is 11.8 Å². The van der Waals surface area contributed by atoms with Crippen LogP contribution in [0.25, 0.3) is 0 Å². The van der Waals surface area contributed by atoms with E-state index in [9.17, 15) is 14.4 Å². The lowest BCUT2D eigenvalue weighted by atomic mass is 10.1. The topological polar surface area (TPSA) is 85.4 Å². The molecular weight excluding hydrogens is 352 g/mol. The molecule has 0 fully saturated rings. The van der Waals surface area contributed by atoms with Crippen molar-refractivity contribution in [2.45, 2.75) is 39.2 Å². The Balaban J connectivity index is 1.66. The quantitative estimate of drug-likeness (QED) is 0.646. The molecule has 6 nitrogen and oxygen atoms in total. The van der Waals surface area contributed by atoms with E-state index in [1.54, 1.807) is 24.4 Å². The van der Waals surface area contributed by atoms with Gasteiger partial charge in [0.25, 0.3) is 0 Å². The Hall–Kier alpha value is -2.54. The molecule has 0 aliphatic carbocycles. The van der Waals surface area contributed by atoms with Gasteiger partial charge in [-0.2, -0.15) is 0 Å². The molecule has 0 aromatic carbocycles. The first-order valence-electron chi connectivity index (χ1n) is 8.35. The molecule has 1 N–H and O–H groups in total. The van der Waals surface area contributed by atoms with Crippen molar-refractivity contribution >= 4 is 28.8 Å². The van der Waals surface area contributed by atoms with Crippen LogP contribution in [0.5, 0.6) is 5.88 Å². The Morgan fingerprint density at radius 2 is 1.88 bits per heavy atom. The first-order chi connectivity index (χ1) is 12.5. The van der Waals surface area contributed by atoms with Gasteiger partial charge in [0.15, 0.2) is 5.78 Å². The fraction of sp³-hybridized carbons (Fsp3) is 0.368. The minimum absolute atomic E-state index is 0.0208. The number of carbonyl (C=O) groups is 3. The average Bonchev–Trinajstić information content (AvgIpc) is 3.09. The molecule has 0 spiro atoms. The maximum atomic E-state index is 12.0. The van der Waals surface area contributed by atoms with E-state index in [1.807, 2.05) is 13.0 Å². The Bertz CT molecular complexity index is 785. The molecule has 138 valence electrons. The summed E-state index contributed by atoms with van der Waals surface area (Å²) in [6, 6.07) is 7.20. The fourth-order valence-corrected chi connectivity index (χ4v) is 3.13. The summed E-state index contributed by atoms with van der Waals surface area (Å²) < 4.78 is 5.02. The molecule has 0 aliphatic heterocycles. The second-order valence-corrected chi connectivity index (χ2v) is 7.14. The van der Waals surface area contributed by atoms with Crippen LogP contribution in [0.1, 0.15) is 45.8 Å². The largest absolute Gasteiger partial charge is 0.481 e. The molecular formula is C19H22N2O4S. The summed E-state index contributed by atoms with van der Waals surface area (Å²) in [5.41, 5.74) is 0.869. The highest BCUT2D eigenvalue weighted by molar-refractivity contribution is 7.14. The molecule has 1 amide bonds. The molecule has 26 heavy (non-hydrogen) atoms. The molecule has 2 aromatic heterocycles. The lowest BCUT2D eigenvalue weighted by molar-refractivity contribution is -0.125. The molecule has 0 radical (unpaired) electrons. The minimum atomic E-state index is -0.200. The zero-order valence-electron chi connectivity index (χ0n) is 14.9. The summed E-state index contributed by atoms with van der Waals surface area (Å²) >= 11 is 1.43. The van der Waals surface area contributed by atoms with Gasteiger partial charge in [0, 0.05) is 49.4 Å². The number of methoxy groups -OCH3 is 1. The van der Waals surface area contributed by atoms with Crippen molar-refractivity contribution in [3.63, 3.8) is 0 Å². The van der Waals surface area contributed by atoms with Gasteiger partial charge < -0.3 is 10.1 Å². The number of thiophene rings is 1. The molecule has 2 heterocycles. The van der Waals surface area contributed by atoms with Gasteiger partial charge in [-0.3, -0.25) is 14.4 Å². The Morgan fingerprint density at radius 1 is 1.12 bits per heavy atom. The second-order valence-electron chi connectivity index (χ2n) is 5.86. The Kier molecular flexibility index (Phi) is 7.47. The minimum Gasteiger partial charge on any atom is -0.481 e. The van der Waals surface area contributed by atoms with Crippen molar-refractivity contribution in [1.82, 2.24) is 10.3 Å². The van der Waals surface area contributed by atoms with E-state index < -0.39 is 0 Å². The molecule has 0 bridgehead atoms. The smallest absolute Gasteiger partial charge is 0.220 e. The van der Waals surface area contributed by atoms with E-state index in [2.05, 4.69) is 10.3 Å². The number of carbonyl (C=O) groups excluding carboxylic acids is 3. The van der Waals surface area contributed by atoms with Gasteiger partial charge in [-0.15, -0.1) is 11.3 Å². The number of aromatic nitrogens is 1. The summed E-state index contributed by atoms with van der Waals surface area (Å²) in [4.78, 5) is 41.5. The summed E-state index contributed by atoms with van der Waals surface area (Å²) in [5, 5.41) is 2.76. The monoisotopic (exact) mass is 374 g/mol. The van der Waals surface area contributed by atoms with Crippen molar-refractivity contribution in [3.8, 4) is 5.88 Å². The number of ether oxygens (including phenoxy) is 1. The highest BCUT2D eigenvalue weighted by Gasteiger charge is 2.12. The summed E-state index contributed by atoms with van der Waals surface area (Å²) in [6.45, 7) is 2.29. The number of pyridine rings is 1. The highest BCUT2D eigenvalue weighted by Crippen LogP contribution is 2.17. The number of amides is 1. The maximum absolute atomic E-state index is 12.0. The van der Waals surface area contributed by atoms with Crippen LogP contribution in [0.15, 0.2) is 30.5 Å². The summed E-state index contributed by atoms with van der Waals surface area (Å²) in [6.07, 6.45) is 2.23. The van der Waals surface area contributed by atoms with Gasteiger partial charge in [-0.1, -0.05) is 0 Å². The molecule has 0 saturated carbocycles. The van der Waals surface area contributed by atoms with Crippen LogP contribution >= 0.6 is 11.3 Å². The first-order valence-corrected chi connectivity index (χ1v) is 9.16. The molecule has 2 aromatic rings. The molecule has 0 saturated heterocycles. The second kappa shape index (κ2) is 9.82. The third-order valence-electron chi connectivity index (χ3n) is 3.78. The van der Waals surface area contributed by atoms with Crippen LogP contribution < -0.4 is 10.1 Å². The number of hydrogen-bond donors (Lipinski definition) is 1. The number of ketones is 2. The normalized spacial score (nSPS) is 10.4. The van der Waals surface area contributed by atoms with Crippen molar-refractivity contribution in [2.75, 3.05) is 7.11 Å². The molecule has 0 unspecified atom stereocenters. The number of aryl methyl sites for hydroxylation is 1. The third-order valence-corrected chi connectivity index (χ3v) is 4.82. The van der Waals surface area contributed by atoms with Gasteiger partial charge in [-0.25, -0.2) is 4.98 Å². The van der Waals surface area contributed by atoms with Crippen LogP contribution in [0.3, 0.4) is 0 Å². The van der Waals surface area contributed by atoms with Crippen molar-refractivity contribution in [1.29, 1.82) is 0 Å².